The molecule has 0 aliphatic carbocycles. The van der Waals surface area contributed by atoms with Crippen LogP contribution in [0.5, 0.6) is 34.5 Å². The molecule has 13 aromatic rings. The summed E-state index contributed by atoms with van der Waals surface area (Å²) in [7, 11) is 0. The van der Waals surface area contributed by atoms with Crippen LogP contribution in [-0.4, -0.2) is 6.71 Å². The second-order valence-electron chi connectivity index (χ2n) is 24.2. The van der Waals surface area contributed by atoms with Gasteiger partial charge in [-0.1, -0.05) is 243 Å². The van der Waals surface area contributed by atoms with E-state index in [0.717, 1.165) is 113 Å². The van der Waals surface area contributed by atoms with Crippen LogP contribution < -0.4 is 35.5 Å². The van der Waals surface area contributed by atoms with Gasteiger partial charge in [0.1, 0.15) is 34.5 Å². The average Bonchev–Trinajstić information content (AvgIpc) is 0.771. The molecule has 414 valence electrons. The van der Waals surface area contributed by atoms with Crippen molar-refractivity contribution in [2.24, 2.45) is 0 Å². The van der Waals surface area contributed by atoms with E-state index in [2.05, 4.69) is 310 Å². The lowest BCUT2D eigenvalue weighted by Crippen LogP contribution is -2.60. The van der Waals surface area contributed by atoms with Crippen molar-refractivity contribution in [1.29, 1.82) is 0 Å². The molecule has 1 spiro atoms. The fraction of sp³-hybridized carbons (Fsp3) is 0.0488. The van der Waals surface area contributed by atoms with Gasteiger partial charge in [0.05, 0.1) is 11.1 Å². The van der Waals surface area contributed by atoms with E-state index in [0.29, 0.717) is 0 Å². The minimum absolute atomic E-state index is 0.197. The smallest absolute Gasteiger partial charge is 0.249 e. The first-order chi connectivity index (χ1) is 43.4. The van der Waals surface area contributed by atoms with Crippen LogP contribution in [0.15, 0.2) is 301 Å². The van der Waals surface area contributed by atoms with Gasteiger partial charge < -0.3 is 19.1 Å². The van der Waals surface area contributed by atoms with E-state index in [9.17, 15) is 0 Å². The number of ether oxygens (including phenoxy) is 3. The molecule has 0 saturated carbocycles. The van der Waals surface area contributed by atoms with Crippen LogP contribution >= 0.6 is 11.8 Å². The van der Waals surface area contributed by atoms with Crippen molar-refractivity contribution in [3.05, 3.63) is 325 Å². The highest BCUT2D eigenvalue weighted by Gasteiger charge is 2.51. The quantitative estimate of drug-likeness (QED) is 0.155. The number of nitrogens with zero attached hydrogens (tertiary/aromatic N) is 1. The number of fused-ring (bicyclic) bond motifs is 14. The first-order valence-electron chi connectivity index (χ1n) is 30.3. The predicted molar refractivity (Wildman–Crippen MR) is 361 cm³/mol. The van der Waals surface area contributed by atoms with E-state index in [1.807, 2.05) is 11.8 Å². The highest BCUT2D eigenvalue weighted by Crippen LogP contribution is 2.62. The topological polar surface area (TPSA) is 30.9 Å². The lowest BCUT2D eigenvalue weighted by molar-refractivity contribution is 0.399. The fourth-order valence-electron chi connectivity index (χ4n) is 15.0. The molecule has 4 nitrogen and oxygen atoms in total. The van der Waals surface area contributed by atoms with Crippen molar-refractivity contribution in [2.75, 3.05) is 4.90 Å². The maximum Gasteiger partial charge on any atom is 0.249 e. The number of benzene rings is 13. The van der Waals surface area contributed by atoms with Gasteiger partial charge >= 0.3 is 0 Å². The van der Waals surface area contributed by atoms with Crippen LogP contribution in [0.1, 0.15) is 47.2 Å². The zero-order valence-electron chi connectivity index (χ0n) is 48.4. The van der Waals surface area contributed by atoms with Gasteiger partial charge in [-0.05, 0) is 140 Å². The molecular formula is C82H54BNO3S. The third-order valence-electron chi connectivity index (χ3n) is 19.1. The van der Waals surface area contributed by atoms with Gasteiger partial charge in [-0.3, -0.25) is 0 Å². The highest BCUT2D eigenvalue weighted by molar-refractivity contribution is 8.00. The van der Waals surface area contributed by atoms with Gasteiger partial charge in [-0.15, -0.1) is 0 Å². The summed E-state index contributed by atoms with van der Waals surface area (Å²) in [6.45, 7) is 4.51. The first-order valence-corrected chi connectivity index (χ1v) is 31.1. The number of para-hydroxylation sites is 4. The zero-order chi connectivity index (χ0) is 58.2. The van der Waals surface area contributed by atoms with Crippen LogP contribution in [0.2, 0.25) is 0 Å². The summed E-state index contributed by atoms with van der Waals surface area (Å²) in [5, 5.41) is 0. The Kier molecular flexibility index (Phi) is 11.2. The Labute approximate surface area is 517 Å². The molecule has 0 fully saturated rings. The standard InChI is InChI=1S/C82H54BNO3S/c1-81(2)61-31-15-19-35-72(61)87-77-50-67-70(49-65(77)81)84(69-41-39-55(51-23-7-3-8-24-51)43-59(69)53-27-11-5-12-28-53)71-47-58(48-78-79(71)83(67)68-46-57(52-25-9-4-10-26-52)44-60(80(68)88-78)54-29-13-6-14-30-54)56-40-42-76-66(45-56)82(64-34-18-22-38-75(64)86-76)62-32-16-20-36-73(62)85-74-37-21-17-33-63(74)82/h3-50H,1-2H3. The summed E-state index contributed by atoms with van der Waals surface area (Å²) in [4.78, 5) is 5.06. The Balaban J connectivity index is 0.953. The maximum atomic E-state index is 7.18. The molecule has 5 heterocycles. The van der Waals surface area contributed by atoms with E-state index in [1.165, 1.54) is 54.0 Å². The van der Waals surface area contributed by atoms with Crippen LogP contribution in [0, 0.1) is 0 Å². The number of hydrogen-bond donors (Lipinski definition) is 0. The van der Waals surface area contributed by atoms with Gasteiger partial charge in [-0.25, -0.2) is 0 Å². The fourth-order valence-corrected chi connectivity index (χ4v) is 16.3. The van der Waals surface area contributed by atoms with E-state index in [-0.39, 0.29) is 6.71 Å². The minimum atomic E-state index is -0.767. The summed E-state index contributed by atoms with van der Waals surface area (Å²) in [6, 6.07) is 107. The SMILES string of the molecule is CC1(C)c2ccccc2Oc2cc3c(cc21)N(c1ccc(-c2ccccc2)cc1-c1ccccc1)c1cc(-c2ccc4c(c2)C2(c5ccccc5Oc5ccccc52)c2ccccc2O4)cc2c1B3c1cc(-c3ccccc3)cc(-c3ccccc3)c1S2. The minimum Gasteiger partial charge on any atom is -0.457 e. The van der Waals surface area contributed by atoms with Crippen molar-refractivity contribution in [3.63, 3.8) is 0 Å². The Bertz CT molecular complexity index is 4920. The van der Waals surface area contributed by atoms with Crippen LogP contribution in [0.4, 0.5) is 17.1 Å². The van der Waals surface area contributed by atoms with E-state index < -0.39 is 10.8 Å². The second kappa shape index (κ2) is 19.5. The van der Waals surface area contributed by atoms with Crippen molar-refractivity contribution < 1.29 is 14.2 Å². The lowest BCUT2D eigenvalue weighted by atomic mass is 9.34. The van der Waals surface area contributed by atoms with Gasteiger partial charge in [0.25, 0.3) is 0 Å². The summed E-state index contributed by atoms with van der Waals surface area (Å²) in [5.41, 5.74) is 24.0. The monoisotopic (exact) mass is 1140 g/mol. The number of rotatable bonds is 6. The molecule has 6 heteroatoms. The molecule has 0 aromatic heterocycles. The van der Waals surface area contributed by atoms with Crippen LogP contribution in [-0.2, 0) is 10.8 Å². The maximum absolute atomic E-state index is 7.18. The molecule has 0 amide bonds. The third-order valence-corrected chi connectivity index (χ3v) is 20.3. The van der Waals surface area contributed by atoms with E-state index in [4.69, 9.17) is 14.2 Å². The van der Waals surface area contributed by atoms with Crippen molar-refractivity contribution >= 4 is 51.9 Å². The molecule has 88 heavy (non-hydrogen) atoms. The average molecular weight is 1140 g/mol. The molecule has 5 aliphatic heterocycles. The summed E-state index contributed by atoms with van der Waals surface area (Å²) < 4.78 is 21.1. The van der Waals surface area contributed by atoms with Crippen molar-refractivity contribution in [3.8, 4) is 90.1 Å². The first kappa shape index (κ1) is 50.8. The lowest BCUT2D eigenvalue weighted by Gasteiger charge is -2.45. The third kappa shape index (κ3) is 7.55. The molecule has 18 rings (SSSR count). The van der Waals surface area contributed by atoms with Crippen molar-refractivity contribution in [1.82, 2.24) is 0 Å². The molecule has 5 aliphatic rings. The Morgan fingerprint density at radius 3 is 1.39 bits per heavy atom. The summed E-state index contributed by atoms with van der Waals surface area (Å²) in [5.74, 6) is 5.10. The van der Waals surface area contributed by atoms with Crippen LogP contribution in [0.25, 0.3) is 55.6 Å². The molecule has 0 unspecified atom stereocenters. The number of anilines is 3. The summed E-state index contributed by atoms with van der Waals surface area (Å²) >= 11 is 1.90. The molecule has 0 saturated heterocycles. The van der Waals surface area contributed by atoms with Gasteiger partial charge in [0.15, 0.2) is 0 Å². The van der Waals surface area contributed by atoms with E-state index in [1.54, 1.807) is 0 Å². The molecule has 13 aromatic carbocycles. The summed E-state index contributed by atoms with van der Waals surface area (Å²) in [6.07, 6.45) is 0. The molecule has 0 atom stereocenters. The Morgan fingerprint density at radius 2 is 0.773 bits per heavy atom. The van der Waals surface area contributed by atoms with Gasteiger partial charge in [0, 0.05) is 65.5 Å². The van der Waals surface area contributed by atoms with Gasteiger partial charge in [-0.2, -0.15) is 0 Å². The molecule has 0 N–H and O–H groups in total. The van der Waals surface area contributed by atoms with Crippen molar-refractivity contribution in [2.45, 2.75) is 34.5 Å². The zero-order valence-corrected chi connectivity index (χ0v) is 49.2. The van der Waals surface area contributed by atoms with Gasteiger partial charge in [0.2, 0.25) is 6.71 Å². The highest BCUT2D eigenvalue weighted by atomic mass is 32.2. The number of hydrogen-bond acceptors (Lipinski definition) is 5. The normalized spacial score (nSPS) is 14.4. The molecular weight excluding hydrogens is 1090 g/mol. The largest absolute Gasteiger partial charge is 0.457 e. The Morgan fingerprint density at radius 1 is 0.307 bits per heavy atom. The van der Waals surface area contributed by atoms with Crippen LogP contribution in [0.3, 0.4) is 0 Å². The van der Waals surface area contributed by atoms with E-state index >= 15 is 0 Å². The molecule has 0 radical (unpaired) electrons. The second-order valence-corrected chi connectivity index (χ2v) is 25.3. The molecule has 0 bridgehead atoms. The predicted octanol–water partition coefficient (Wildman–Crippen LogP) is 19.8. The Hall–Kier alpha value is -10.5.